The summed E-state index contributed by atoms with van der Waals surface area (Å²) in [5, 5.41) is 4.80. The van der Waals surface area contributed by atoms with Crippen molar-refractivity contribution < 1.29 is 24.8 Å². The summed E-state index contributed by atoms with van der Waals surface area (Å²) in [6.07, 6.45) is 7.88. The second-order valence-corrected chi connectivity index (χ2v) is 5.72. The largest absolute Gasteiger partial charge is 1.00 e. The van der Waals surface area contributed by atoms with E-state index in [1.165, 1.54) is 21.1 Å². The summed E-state index contributed by atoms with van der Waals surface area (Å²) in [6, 6.07) is 0. The normalized spacial score (nSPS) is 6.00. The molecule has 0 rings (SSSR count). The molecule has 0 aliphatic heterocycles. The number of hydrogen-bond acceptors (Lipinski definition) is 0. The van der Waals surface area contributed by atoms with E-state index in [1.807, 2.05) is 24.3 Å². The molecule has 0 nitrogen and oxygen atoms in total. The van der Waals surface area contributed by atoms with Gasteiger partial charge in [0.25, 0.3) is 0 Å². The zero-order chi connectivity index (χ0) is 11.1. The van der Waals surface area contributed by atoms with Gasteiger partial charge in [-0.15, -0.1) is 0 Å². The van der Waals surface area contributed by atoms with E-state index in [0.29, 0.717) is 30.4 Å². The fraction of sp³-hybridized carbons (Fsp3) is 0.333. The van der Waals surface area contributed by atoms with E-state index in [2.05, 4.69) is 26.3 Å². The topological polar surface area (TPSA) is 0 Å². The second-order valence-electron chi connectivity index (χ2n) is 2.67. The van der Waals surface area contributed by atoms with Gasteiger partial charge in [-0.1, -0.05) is 0 Å². The van der Waals surface area contributed by atoms with Gasteiger partial charge in [-0.25, -0.2) is 0 Å². The first kappa shape index (κ1) is 25.4. The molecule has 0 aliphatic rings. The molecule has 0 heterocycles. The summed E-state index contributed by atoms with van der Waals surface area (Å²) in [7, 11) is 0. The SMILES string of the molecule is C=C[CH2][Al+][CH2]C=C.C=C[CH2][Al+][CH2]C=C.[Cl-].[Cl-]. The number of halogens is 2. The van der Waals surface area contributed by atoms with Crippen LogP contribution in [0.15, 0.2) is 50.6 Å². The first-order valence-corrected chi connectivity index (χ1v) is 8.16. The van der Waals surface area contributed by atoms with Gasteiger partial charge in [0, 0.05) is 0 Å². The fourth-order valence-corrected chi connectivity index (χ4v) is 1.99. The maximum absolute atomic E-state index is 3.62. The van der Waals surface area contributed by atoms with E-state index in [1.54, 1.807) is 0 Å². The van der Waals surface area contributed by atoms with Crippen LogP contribution in [0.3, 0.4) is 0 Å². The standard InChI is InChI=1S/4C3H5.2Al.2ClH/c4*1-3-2;;;;/h4*3H,1-2H2;;;2*1H/q;;;;2*+1;;/p-2. The van der Waals surface area contributed by atoms with Crippen LogP contribution in [0.4, 0.5) is 0 Å². The molecule has 0 amide bonds. The molecule has 0 aliphatic carbocycles. The van der Waals surface area contributed by atoms with Crippen LogP contribution < -0.4 is 24.8 Å². The van der Waals surface area contributed by atoms with Crippen molar-refractivity contribution in [3.8, 4) is 0 Å². The Morgan fingerprint density at radius 2 is 0.750 bits per heavy atom. The first-order chi connectivity index (χ1) is 6.83. The average Bonchev–Trinajstić information content (AvgIpc) is 2.21. The predicted octanol–water partition coefficient (Wildman–Crippen LogP) is -2.19. The first-order valence-electron chi connectivity index (χ1n) is 4.90. The smallest absolute Gasteiger partial charge is 1.00 e. The van der Waals surface area contributed by atoms with E-state index < -0.39 is 0 Å². The minimum atomic E-state index is 0. The van der Waals surface area contributed by atoms with Crippen molar-refractivity contribution in [2.75, 3.05) is 0 Å². The minimum absolute atomic E-state index is 0. The maximum Gasteiger partial charge on any atom is -1.00 e. The summed E-state index contributed by atoms with van der Waals surface area (Å²) in [4.78, 5) is 0. The number of allylic oxidation sites excluding steroid dienone is 4. The monoisotopic (exact) mass is 288 g/mol. The molecule has 0 saturated carbocycles. The molecule has 0 radical (unpaired) electrons. The Labute approximate surface area is 126 Å². The van der Waals surface area contributed by atoms with Gasteiger partial charge in [-0.2, -0.15) is 0 Å². The molecule has 0 unspecified atom stereocenters. The van der Waals surface area contributed by atoms with E-state index in [4.69, 9.17) is 0 Å². The Bertz CT molecular complexity index is 125. The summed E-state index contributed by atoms with van der Waals surface area (Å²) >= 11 is 1.17. The van der Waals surface area contributed by atoms with Crippen LogP contribution in [0.5, 0.6) is 0 Å². The van der Waals surface area contributed by atoms with Crippen molar-refractivity contribution in [1.29, 1.82) is 0 Å². The van der Waals surface area contributed by atoms with Gasteiger partial charge < -0.3 is 24.8 Å². The van der Waals surface area contributed by atoms with Crippen LogP contribution in [-0.2, 0) is 0 Å². The third-order valence-corrected chi connectivity index (χ3v) is 4.00. The molecule has 0 aromatic rings. The third kappa shape index (κ3) is 36.5. The molecule has 0 atom stereocenters. The zero-order valence-electron chi connectivity index (χ0n) is 9.88. The quantitative estimate of drug-likeness (QED) is 0.270. The summed E-state index contributed by atoms with van der Waals surface area (Å²) in [5.74, 6) is 0. The van der Waals surface area contributed by atoms with Crippen LogP contribution in [0.1, 0.15) is 0 Å². The van der Waals surface area contributed by atoms with Gasteiger partial charge in [0.2, 0.25) is 0 Å². The van der Waals surface area contributed by atoms with Crippen LogP contribution >= 0.6 is 0 Å². The van der Waals surface area contributed by atoms with E-state index in [-0.39, 0.29) is 24.8 Å². The van der Waals surface area contributed by atoms with Gasteiger partial charge in [0.05, 0.1) is 0 Å². The van der Waals surface area contributed by atoms with Crippen molar-refractivity contribution in [3.63, 3.8) is 0 Å². The molecule has 0 N–H and O–H groups in total. The van der Waals surface area contributed by atoms with Crippen molar-refractivity contribution >= 4 is 30.4 Å². The maximum atomic E-state index is 3.62. The molecule has 0 fully saturated rings. The molecule has 88 valence electrons. The Morgan fingerprint density at radius 1 is 0.562 bits per heavy atom. The van der Waals surface area contributed by atoms with Crippen LogP contribution in [-0.4, -0.2) is 30.4 Å². The number of hydrogen-bond donors (Lipinski definition) is 0. The summed E-state index contributed by atoms with van der Waals surface area (Å²) in [6.45, 7) is 14.5. The summed E-state index contributed by atoms with van der Waals surface area (Å²) in [5.41, 5.74) is 0. The van der Waals surface area contributed by atoms with Gasteiger partial charge in [-0.05, 0) is 0 Å². The Kier molecular flexibility index (Phi) is 47.1. The number of rotatable bonds is 8. The molecule has 0 spiro atoms. The Morgan fingerprint density at radius 3 is 0.875 bits per heavy atom. The van der Waals surface area contributed by atoms with Gasteiger partial charge in [0.15, 0.2) is 0 Å². The molecule has 0 saturated heterocycles. The molecule has 0 aromatic carbocycles. The second kappa shape index (κ2) is 29.6. The molecule has 0 aromatic heterocycles. The van der Waals surface area contributed by atoms with Crippen molar-refractivity contribution in [2.24, 2.45) is 0 Å². The van der Waals surface area contributed by atoms with E-state index >= 15 is 0 Å². The van der Waals surface area contributed by atoms with Crippen molar-refractivity contribution in [1.82, 2.24) is 0 Å². The van der Waals surface area contributed by atoms with Gasteiger partial charge >= 0.3 is 102 Å². The van der Waals surface area contributed by atoms with Crippen LogP contribution in [0, 0.1) is 0 Å². The minimum Gasteiger partial charge on any atom is -1.00 e. The predicted molar refractivity (Wildman–Crippen MR) is 71.5 cm³/mol. The third-order valence-electron chi connectivity index (χ3n) is 1.33. The van der Waals surface area contributed by atoms with E-state index in [0.717, 1.165) is 0 Å². The molecular formula is C12H20Al2Cl2. The molecular weight excluding hydrogens is 269 g/mol. The molecule has 4 heteroatoms. The van der Waals surface area contributed by atoms with Gasteiger partial charge in [-0.3, -0.25) is 0 Å². The molecule has 16 heavy (non-hydrogen) atoms. The zero-order valence-corrected chi connectivity index (χ0v) is 13.7. The molecule has 0 bridgehead atoms. The summed E-state index contributed by atoms with van der Waals surface area (Å²) < 4.78 is 0. The average molecular weight is 289 g/mol. The Balaban J connectivity index is -0.0000000800. The van der Waals surface area contributed by atoms with E-state index in [9.17, 15) is 0 Å². The Hall–Kier alpha value is 0.605. The van der Waals surface area contributed by atoms with Gasteiger partial charge in [0.1, 0.15) is 0 Å². The fourth-order valence-electron chi connectivity index (χ4n) is 0.664. The van der Waals surface area contributed by atoms with Crippen LogP contribution in [0.25, 0.3) is 0 Å². The van der Waals surface area contributed by atoms with Crippen molar-refractivity contribution in [3.05, 3.63) is 50.6 Å². The van der Waals surface area contributed by atoms with Crippen molar-refractivity contribution in [2.45, 2.75) is 21.1 Å². The van der Waals surface area contributed by atoms with Crippen LogP contribution in [0.2, 0.25) is 21.1 Å².